The summed E-state index contributed by atoms with van der Waals surface area (Å²) < 4.78 is 1.80. The number of carboxylic acids is 1. The molecule has 0 heterocycles. The highest BCUT2D eigenvalue weighted by atomic mass is 127. The van der Waals surface area contributed by atoms with E-state index in [1.54, 1.807) is 3.11 Å². The van der Waals surface area contributed by atoms with E-state index in [0.717, 1.165) is 13.0 Å². The molecule has 0 aliphatic heterocycles. The van der Waals surface area contributed by atoms with Gasteiger partial charge in [-0.2, -0.15) is 0 Å². The van der Waals surface area contributed by atoms with Gasteiger partial charge in [0.05, 0.1) is 0 Å². The Balaban J connectivity index is 3.22. The van der Waals surface area contributed by atoms with Gasteiger partial charge in [0.2, 0.25) is 0 Å². The van der Waals surface area contributed by atoms with Crippen LogP contribution in [0, 0.1) is 0 Å². The molecule has 0 amide bonds. The summed E-state index contributed by atoms with van der Waals surface area (Å²) in [4.78, 5) is 10.2. The van der Waals surface area contributed by atoms with E-state index in [-0.39, 0.29) is 6.54 Å². The molecule has 66 valence electrons. The van der Waals surface area contributed by atoms with E-state index in [1.807, 2.05) is 22.9 Å². The molecule has 4 heteroatoms. The second-order valence-electron chi connectivity index (χ2n) is 2.45. The molecular weight excluding hydrogens is 257 g/mol. The first-order chi connectivity index (χ1) is 5.16. The van der Waals surface area contributed by atoms with Gasteiger partial charge in [0, 0.05) is 29.4 Å². The van der Waals surface area contributed by atoms with Crippen molar-refractivity contribution in [2.75, 3.05) is 13.1 Å². The molecule has 0 radical (unpaired) electrons. The molecule has 0 aliphatic rings. The van der Waals surface area contributed by atoms with Crippen molar-refractivity contribution in [3.05, 3.63) is 0 Å². The highest BCUT2D eigenvalue weighted by Crippen LogP contribution is 2.02. The summed E-state index contributed by atoms with van der Waals surface area (Å²) in [5.41, 5.74) is 0. The molecule has 0 atom stereocenters. The molecule has 0 rings (SSSR count). The Morgan fingerprint density at radius 3 is 2.64 bits per heavy atom. The predicted molar refractivity (Wildman–Crippen MR) is 52.8 cm³/mol. The predicted octanol–water partition coefficient (Wildman–Crippen LogP) is 1.91. The van der Waals surface area contributed by atoms with Crippen molar-refractivity contribution >= 4 is 28.8 Å². The Hall–Kier alpha value is 0.160. The van der Waals surface area contributed by atoms with E-state index < -0.39 is 5.97 Å². The third-order valence-corrected chi connectivity index (χ3v) is 2.13. The number of nitrogens with zero attached hydrogens (tertiary/aromatic N) is 1. The lowest BCUT2D eigenvalue weighted by molar-refractivity contribution is -0.136. The van der Waals surface area contributed by atoms with Crippen LogP contribution in [0.3, 0.4) is 0 Å². The van der Waals surface area contributed by atoms with E-state index in [4.69, 9.17) is 5.11 Å². The van der Waals surface area contributed by atoms with Crippen LogP contribution in [0.25, 0.3) is 0 Å². The number of carbonyl (C=O) groups is 1. The van der Waals surface area contributed by atoms with Crippen molar-refractivity contribution in [3.8, 4) is 0 Å². The van der Waals surface area contributed by atoms with Crippen molar-refractivity contribution in [2.45, 2.75) is 26.2 Å². The third-order valence-electron chi connectivity index (χ3n) is 1.31. The van der Waals surface area contributed by atoms with Gasteiger partial charge in [-0.05, 0) is 6.42 Å². The number of rotatable bonds is 6. The molecule has 0 aromatic rings. The number of hydrogen-bond acceptors (Lipinski definition) is 2. The van der Waals surface area contributed by atoms with Crippen molar-refractivity contribution in [1.82, 2.24) is 3.11 Å². The number of unbranched alkanes of at least 4 members (excludes halogenated alkanes) is 2. The van der Waals surface area contributed by atoms with E-state index in [2.05, 4.69) is 6.92 Å². The average molecular weight is 271 g/mol. The highest BCUT2D eigenvalue weighted by molar-refractivity contribution is 14.1. The molecule has 0 saturated heterocycles. The molecule has 0 aliphatic carbocycles. The fraction of sp³-hybridized carbons (Fsp3) is 0.857. The van der Waals surface area contributed by atoms with Crippen molar-refractivity contribution in [2.24, 2.45) is 0 Å². The average Bonchev–Trinajstić information content (AvgIpc) is 1.86. The molecule has 0 aromatic heterocycles. The van der Waals surface area contributed by atoms with Gasteiger partial charge >= 0.3 is 5.97 Å². The Morgan fingerprint density at radius 1 is 1.55 bits per heavy atom. The second-order valence-corrected chi connectivity index (χ2v) is 3.81. The summed E-state index contributed by atoms with van der Waals surface area (Å²) in [6.45, 7) is 3.15. The zero-order valence-electron chi connectivity index (χ0n) is 6.72. The zero-order valence-corrected chi connectivity index (χ0v) is 8.87. The van der Waals surface area contributed by atoms with Crippen LogP contribution in [0.2, 0.25) is 0 Å². The van der Waals surface area contributed by atoms with Crippen LogP contribution in [-0.2, 0) is 4.79 Å². The van der Waals surface area contributed by atoms with Crippen LogP contribution in [0.1, 0.15) is 26.2 Å². The van der Waals surface area contributed by atoms with E-state index in [0.29, 0.717) is 0 Å². The number of carboxylic acid groups (broad SMARTS) is 1. The Morgan fingerprint density at radius 2 is 2.18 bits per heavy atom. The lowest BCUT2D eigenvalue weighted by Crippen LogP contribution is -2.21. The van der Waals surface area contributed by atoms with Gasteiger partial charge < -0.3 is 5.11 Å². The maximum atomic E-state index is 10.2. The molecule has 0 saturated carbocycles. The number of aliphatic carboxylic acids is 1. The molecule has 0 fully saturated rings. The molecule has 0 spiro atoms. The van der Waals surface area contributed by atoms with Crippen LogP contribution < -0.4 is 0 Å². The summed E-state index contributed by atoms with van der Waals surface area (Å²) in [6.07, 6.45) is 3.45. The first kappa shape index (κ1) is 11.2. The standard InChI is InChI=1S/C7H14INO2/c1-2-3-4-5-9(8)6-7(10)11/h2-6H2,1H3,(H,10,11). The summed E-state index contributed by atoms with van der Waals surface area (Å²) in [7, 11) is 0. The fourth-order valence-electron chi connectivity index (χ4n) is 0.759. The third kappa shape index (κ3) is 8.06. The summed E-state index contributed by atoms with van der Waals surface area (Å²) in [6, 6.07) is 0. The van der Waals surface area contributed by atoms with Gasteiger partial charge in [-0.3, -0.25) is 4.79 Å². The normalized spacial score (nSPS) is 10.5. The van der Waals surface area contributed by atoms with Crippen molar-refractivity contribution < 1.29 is 9.90 Å². The molecule has 1 N–H and O–H groups in total. The highest BCUT2D eigenvalue weighted by Gasteiger charge is 2.03. The smallest absolute Gasteiger partial charge is 0.318 e. The van der Waals surface area contributed by atoms with Crippen LogP contribution in [0.5, 0.6) is 0 Å². The maximum absolute atomic E-state index is 10.2. The first-order valence-corrected chi connectivity index (χ1v) is 4.75. The monoisotopic (exact) mass is 271 g/mol. The number of hydrogen-bond donors (Lipinski definition) is 1. The Labute approximate surface area is 81.3 Å². The maximum Gasteiger partial charge on any atom is 0.318 e. The largest absolute Gasteiger partial charge is 0.480 e. The van der Waals surface area contributed by atoms with Gasteiger partial charge in [-0.15, -0.1) is 0 Å². The summed E-state index contributed by atoms with van der Waals surface area (Å²) >= 11 is 2.05. The minimum absolute atomic E-state index is 0.143. The van der Waals surface area contributed by atoms with Crippen molar-refractivity contribution in [3.63, 3.8) is 0 Å². The van der Waals surface area contributed by atoms with Crippen molar-refractivity contribution in [1.29, 1.82) is 0 Å². The molecular formula is C7H14INO2. The Kier molecular flexibility index (Phi) is 6.94. The SMILES string of the molecule is CCCCCN(I)CC(=O)O. The van der Waals surface area contributed by atoms with E-state index in [1.165, 1.54) is 12.8 Å². The minimum Gasteiger partial charge on any atom is -0.480 e. The molecule has 0 aromatic carbocycles. The van der Waals surface area contributed by atoms with Gasteiger partial charge in [-0.25, -0.2) is 3.11 Å². The minimum atomic E-state index is -0.754. The number of halogens is 1. The Bertz CT molecular complexity index is 119. The van der Waals surface area contributed by atoms with Crippen LogP contribution in [0.15, 0.2) is 0 Å². The molecule has 3 nitrogen and oxygen atoms in total. The lowest BCUT2D eigenvalue weighted by Gasteiger charge is -2.09. The van der Waals surface area contributed by atoms with E-state index >= 15 is 0 Å². The topological polar surface area (TPSA) is 40.5 Å². The first-order valence-electron chi connectivity index (χ1n) is 3.79. The van der Waals surface area contributed by atoms with Crippen LogP contribution >= 0.6 is 22.9 Å². The van der Waals surface area contributed by atoms with Gasteiger partial charge in [0.25, 0.3) is 0 Å². The quantitative estimate of drug-likeness (QED) is 0.456. The second kappa shape index (κ2) is 6.84. The van der Waals surface area contributed by atoms with Crippen LogP contribution in [0.4, 0.5) is 0 Å². The molecule has 0 unspecified atom stereocenters. The summed E-state index contributed by atoms with van der Waals surface area (Å²) in [5.74, 6) is -0.754. The van der Waals surface area contributed by atoms with Gasteiger partial charge in [0.15, 0.2) is 0 Å². The van der Waals surface area contributed by atoms with Gasteiger partial charge in [-0.1, -0.05) is 19.8 Å². The lowest BCUT2D eigenvalue weighted by atomic mass is 10.2. The fourth-order valence-corrected chi connectivity index (χ4v) is 1.39. The van der Waals surface area contributed by atoms with Gasteiger partial charge in [0.1, 0.15) is 6.54 Å². The molecule has 11 heavy (non-hydrogen) atoms. The zero-order chi connectivity index (χ0) is 8.69. The van der Waals surface area contributed by atoms with E-state index in [9.17, 15) is 4.79 Å². The molecule has 0 bridgehead atoms. The van der Waals surface area contributed by atoms with Crippen LogP contribution in [-0.4, -0.2) is 27.3 Å². The summed E-state index contributed by atoms with van der Waals surface area (Å²) in [5, 5.41) is 8.39.